The zero-order chi connectivity index (χ0) is 12.5. The van der Waals surface area contributed by atoms with Gasteiger partial charge in [-0.15, -0.1) is 0 Å². The van der Waals surface area contributed by atoms with E-state index < -0.39 is 0 Å². The lowest BCUT2D eigenvalue weighted by molar-refractivity contribution is 0.102. The van der Waals surface area contributed by atoms with Crippen LogP contribution in [0.1, 0.15) is 40.6 Å². The number of aryl methyl sites for hydroxylation is 1. The quantitative estimate of drug-likeness (QED) is 0.891. The molecular formula is C12H12N4O2. The Hall–Kier alpha value is -2.24. The first kappa shape index (κ1) is 10.9. The van der Waals surface area contributed by atoms with Gasteiger partial charge in [-0.2, -0.15) is 0 Å². The molecule has 0 atom stereocenters. The molecule has 2 aromatic heterocycles. The number of rotatable bonds is 3. The van der Waals surface area contributed by atoms with E-state index in [0.29, 0.717) is 23.1 Å². The van der Waals surface area contributed by atoms with Gasteiger partial charge in [0.05, 0.1) is 11.3 Å². The van der Waals surface area contributed by atoms with Crippen LogP contribution in [0.15, 0.2) is 23.1 Å². The van der Waals surface area contributed by atoms with E-state index >= 15 is 0 Å². The predicted molar refractivity (Wildman–Crippen MR) is 63.2 cm³/mol. The Kier molecular flexibility index (Phi) is 2.55. The molecule has 0 spiro atoms. The second-order valence-corrected chi connectivity index (χ2v) is 4.37. The highest BCUT2D eigenvalue weighted by atomic mass is 16.5. The topological polar surface area (TPSA) is 80.9 Å². The minimum absolute atomic E-state index is 0.245. The summed E-state index contributed by atoms with van der Waals surface area (Å²) in [5, 5.41) is 6.40. The summed E-state index contributed by atoms with van der Waals surface area (Å²) in [6, 6.07) is 1.67. The van der Waals surface area contributed by atoms with Gasteiger partial charge < -0.3 is 9.84 Å². The van der Waals surface area contributed by atoms with Gasteiger partial charge >= 0.3 is 0 Å². The summed E-state index contributed by atoms with van der Waals surface area (Å²) in [5.41, 5.74) is 1.34. The van der Waals surface area contributed by atoms with Gasteiger partial charge in [-0.1, -0.05) is 5.16 Å². The molecule has 92 valence electrons. The van der Waals surface area contributed by atoms with E-state index in [1.807, 2.05) is 0 Å². The molecular weight excluding hydrogens is 232 g/mol. The molecule has 0 unspecified atom stereocenters. The van der Waals surface area contributed by atoms with Gasteiger partial charge in [0, 0.05) is 18.2 Å². The second kappa shape index (κ2) is 4.21. The smallest absolute Gasteiger partial charge is 0.260 e. The number of nitrogens with one attached hydrogen (secondary N) is 1. The van der Waals surface area contributed by atoms with E-state index in [4.69, 9.17) is 4.52 Å². The normalized spacial score (nSPS) is 14.5. The standard InChI is InChI=1S/C12H12N4O2/c1-7-4-10(16-18-7)15-12(17)9-5-13-6-14-11(9)8-2-3-8/h4-6,8H,2-3H2,1H3,(H,15,16,17). The minimum Gasteiger partial charge on any atom is -0.360 e. The minimum atomic E-state index is -0.245. The molecule has 1 saturated carbocycles. The average Bonchev–Trinajstić information content (AvgIpc) is 3.14. The van der Waals surface area contributed by atoms with Gasteiger partial charge in [0.15, 0.2) is 5.82 Å². The maximum absolute atomic E-state index is 12.1. The molecule has 0 aromatic carbocycles. The Morgan fingerprint density at radius 3 is 3.00 bits per heavy atom. The molecule has 18 heavy (non-hydrogen) atoms. The maximum Gasteiger partial charge on any atom is 0.260 e. The summed E-state index contributed by atoms with van der Waals surface area (Å²) in [6.45, 7) is 1.77. The lowest BCUT2D eigenvalue weighted by Crippen LogP contribution is -2.15. The second-order valence-electron chi connectivity index (χ2n) is 4.37. The number of hydrogen-bond acceptors (Lipinski definition) is 5. The molecule has 1 N–H and O–H groups in total. The molecule has 1 aliphatic carbocycles. The lowest BCUT2D eigenvalue weighted by Gasteiger charge is -2.05. The van der Waals surface area contributed by atoms with Crippen molar-refractivity contribution in [1.82, 2.24) is 15.1 Å². The summed E-state index contributed by atoms with van der Waals surface area (Å²) >= 11 is 0. The summed E-state index contributed by atoms with van der Waals surface area (Å²) in [7, 11) is 0. The Balaban J connectivity index is 1.83. The first-order valence-electron chi connectivity index (χ1n) is 5.78. The van der Waals surface area contributed by atoms with Gasteiger partial charge in [0.1, 0.15) is 12.1 Å². The fourth-order valence-corrected chi connectivity index (χ4v) is 1.81. The van der Waals surface area contributed by atoms with Gasteiger partial charge in [0.25, 0.3) is 5.91 Å². The fourth-order valence-electron chi connectivity index (χ4n) is 1.81. The largest absolute Gasteiger partial charge is 0.360 e. The van der Waals surface area contributed by atoms with Gasteiger partial charge in [-0.3, -0.25) is 4.79 Å². The molecule has 0 radical (unpaired) electrons. The van der Waals surface area contributed by atoms with Crippen molar-refractivity contribution < 1.29 is 9.32 Å². The number of carbonyl (C=O) groups is 1. The van der Waals surface area contributed by atoms with E-state index in [1.54, 1.807) is 19.2 Å². The lowest BCUT2D eigenvalue weighted by atomic mass is 10.1. The third-order valence-corrected chi connectivity index (χ3v) is 2.82. The van der Waals surface area contributed by atoms with Crippen molar-refractivity contribution in [3.05, 3.63) is 35.6 Å². The summed E-state index contributed by atoms with van der Waals surface area (Å²) in [6.07, 6.45) is 5.19. The number of anilines is 1. The van der Waals surface area contributed by atoms with Crippen LogP contribution >= 0.6 is 0 Å². The summed E-state index contributed by atoms with van der Waals surface area (Å²) < 4.78 is 4.90. The zero-order valence-corrected chi connectivity index (χ0v) is 9.88. The van der Waals surface area contributed by atoms with Gasteiger partial charge in [-0.05, 0) is 19.8 Å². The Morgan fingerprint density at radius 1 is 1.50 bits per heavy atom. The van der Waals surface area contributed by atoms with Crippen molar-refractivity contribution in [2.45, 2.75) is 25.7 Å². The summed E-state index contributed by atoms with van der Waals surface area (Å²) in [4.78, 5) is 20.2. The molecule has 6 heteroatoms. The third kappa shape index (κ3) is 2.09. The number of aromatic nitrogens is 3. The molecule has 3 rings (SSSR count). The maximum atomic E-state index is 12.1. The van der Waals surface area contributed by atoms with Crippen molar-refractivity contribution >= 4 is 11.7 Å². The molecule has 1 fully saturated rings. The van der Waals surface area contributed by atoms with Crippen LogP contribution in [0.3, 0.4) is 0 Å². The molecule has 1 amide bonds. The summed E-state index contributed by atoms with van der Waals surface area (Å²) in [5.74, 6) is 1.21. The van der Waals surface area contributed by atoms with Crippen LogP contribution in [0.2, 0.25) is 0 Å². The van der Waals surface area contributed by atoms with Crippen LogP contribution in [0.5, 0.6) is 0 Å². The number of nitrogens with zero attached hydrogens (tertiary/aromatic N) is 3. The first-order chi connectivity index (χ1) is 8.74. The Labute approximate surface area is 103 Å². The van der Waals surface area contributed by atoms with E-state index in [2.05, 4.69) is 20.4 Å². The van der Waals surface area contributed by atoms with Crippen molar-refractivity contribution in [3.8, 4) is 0 Å². The molecule has 2 aromatic rings. The van der Waals surface area contributed by atoms with Crippen molar-refractivity contribution in [1.29, 1.82) is 0 Å². The predicted octanol–water partition coefficient (Wildman–Crippen LogP) is 1.90. The van der Waals surface area contributed by atoms with Gasteiger partial charge in [0.2, 0.25) is 0 Å². The van der Waals surface area contributed by atoms with Crippen LogP contribution in [0.25, 0.3) is 0 Å². The van der Waals surface area contributed by atoms with E-state index in [9.17, 15) is 4.79 Å². The molecule has 0 aliphatic heterocycles. The average molecular weight is 244 g/mol. The molecule has 1 aliphatic rings. The Bertz CT molecular complexity index is 589. The highest BCUT2D eigenvalue weighted by Crippen LogP contribution is 2.40. The van der Waals surface area contributed by atoms with Crippen molar-refractivity contribution in [2.24, 2.45) is 0 Å². The van der Waals surface area contributed by atoms with E-state index in [0.717, 1.165) is 18.5 Å². The molecule has 2 heterocycles. The molecule has 0 bridgehead atoms. The number of hydrogen-bond donors (Lipinski definition) is 1. The first-order valence-corrected chi connectivity index (χ1v) is 5.78. The SMILES string of the molecule is Cc1cc(NC(=O)c2cncnc2C2CC2)no1. The highest BCUT2D eigenvalue weighted by molar-refractivity contribution is 6.04. The van der Waals surface area contributed by atoms with Gasteiger partial charge in [-0.25, -0.2) is 9.97 Å². The number of amides is 1. The monoisotopic (exact) mass is 244 g/mol. The van der Waals surface area contributed by atoms with Crippen molar-refractivity contribution in [3.63, 3.8) is 0 Å². The van der Waals surface area contributed by atoms with Crippen LogP contribution in [-0.4, -0.2) is 21.0 Å². The van der Waals surface area contributed by atoms with Crippen LogP contribution in [-0.2, 0) is 0 Å². The fraction of sp³-hybridized carbons (Fsp3) is 0.333. The van der Waals surface area contributed by atoms with E-state index in [1.165, 1.54) is 6.33 Å². The van der Waals surface area contributed by atoms with Crippen molar-refractivity contribution in [2.75, 3.05) is 5.32 Å². The molecule has 6 nitrogen and oxygen atoms in total. The van der Waals surface area contributed by atoms with Crippen LogP contribution < -0.4 is 5.32 Å². The third-order valence-electron chi connectivity index (χ3n) is 2.82. The van der Waals surface area contributed by atoms with Crippen LogP contribution in [0, 0.1) is 6.92 Å². The highest BCUT2D eigenvalue weighted by Gasteiger charge is 2.29. The number of carbonyl (C=O) groups excluding carboxylic acids is 1. The Morgan fingerprint density at radius 2 is 2.33 bits per heavy atom. The van der Waals surface area contributed by atoms with E-state index in [-0.39, 0.29) is 5.91 Å². The zero-order valence-electron chi connectivity index (χ0n) is 9.88. The molecule has 0 saturated heterocycles. The van der Waals surface area contributed by atoms with Crippen LogP contribution in [0.4, 0.5) is 5.82 Å².